The van der Waals surface area contributed by atoms with Gasteiger partial charge in [-0.3, -0.25) is 9.59 Å². The fourth-order valence-electron chi connectivity index (χ4n) is 3.81. The summed E-state index contributed by atoms with van der Waals surface area (Å²) in [6, 6.07) is 4.86. The molecule has 0 unspecified atom stereocenters. The molecule has 3 heterocycles. The van der Waals surface area contributed by atoms with Crippen molar-refractivity contribution in [2.24, 2.45) is 10.5 Å². The van der Waals surface area contributed by atoms with Gasteiger partial charge in [-0.05, 0) is 31.4 Å². The zero-order valence-corrected chi connectivity index (χ0v) is 15.7. The van der Waals surface area contributed by atoms with Crippen LogP contribution in [0.3, 0.4) is 0 Å². The van der Waals surface area contributed by atoms with Crippen LogP contribution in [0.15, 0.2) is 23.4 Å². The van der Waals surface area contributed by atoms with Crippen LogP contribution in [0.5, 0.6) is 0 Å². The highest BCUT2D eigenvalue weighted by Crippen LogP contribution is 2.61. The fraction of sp³-hybridized carbons (Fsp3) is 0.526. The van der Waals surface area contributed by atoms with E-state index in [0.717, 1.165) is 5.01 Å². The maximum absolute atomic E-state index is 14.5. The molecule has 0 radical (unpaired) electrons. The number of nitrogens with zero attached hydrogens (tertiary/aromatic N) is 5. The Morgan fingerprint density at radius 3 is 2.69 bits per heavy atom. The number of amides is 2. The van der Waals surface area contributed by atoms with E-state index in [0.29, 0.717) is 43.8 Å². The van der Waals surface area contributed by atoms with Gasteiger partial charge in [0.1, 0.15) is 24.1 Å². The van der Waals surface area contributed by atoms with Gasteiger partial charge in [-0.15, -0.1) is 0 Å². The lowest BCUT2D eigenvalue weighted by Crippen LogP contribution is -2.53. The van der Waals surface area contributed by atoms with Crippen molar-refractivity contribution in [2.75, 3.05) is 25.0 Å². The van der Waals surface area contributed by atoms with Gasteiger partial charge < -0.3 is 10.2 Å². The molecule has 1 aliphatic carbocycles. The van der Waals surface area contributed by atoms with Crippen LogP contribution in [0, 0.1) is 16.7 Å². The first-order chi connectivity index (χ1) is 13.8. The number of likely N-dealkylation sites (tertiary alicyclic amines) is 1. The number of piperidine rings is 1. The number of anilines is 1. The molecule has 2 fully saturated rings. The average molecular weight is 402 g/mol. The quantitative estimate of drug-likeness (QED) is 0.833. The minimum absolute atomic E-state index is 0.123. The summed E-state index contributed by atoms with van der Waals surface area (Å²) >= 11 is 0. The normalized spacial score (nSPS) is 22.1. The second-order valence-electron chi connectivity index (χ2n) is 7.72. The maximum atomic E-state index is 14.5. The third-order valence-corrected chi connectivity index (χ3v) is 5.79. The zero-order chi connectivity index (χ0) is 20.6. The van der Waals surface area contributed by atoms with Gasteiger partial charge in [0.2, 0.25) is 11.8 Å². The Labute approximate surface area is 166 Å². The van der Waals surface area contributed by atoms with Crippen LogP contribution in [0.4, 0.5) is 14.5 Å². The van der Waals surface area contributed by atoms with Crippen molar-refractivity contribution in [1.82, 2.24) is 14.9 Å². The number of pyridine rings is 1. The van der Waals surface area contributed by atoms with Crippen LogP contribution in [-0.4, -0.2) is 58.1 Å². The number of alkyl halides is 2. The van der Waals surface area contributed by atoms with Crippen LogP contribution in [0.2, 0.25) is 0 Å². The van der Waals surface area contributed by atoms with Gasteiger partial charge in [-0.2, -0.15) is 10.4 Å². The number of hydrogen-bond acceptors (Lipinski definition) is 6. The highest BCUT2D eigenvalue weighted by molar-refractivity contribution is 5.97. The van der Waals surface area contributed by atoms with Crippen LogP contribution >= 0.6 is 0 Å². The van der Waals surface area contributed by atoms with Gasteiger partial charge in [-0.1, -0.05) is 0 Å². The minimum Gasteiger partial charge on any atom is -0.353 e. The van der Waals surface area contributed by atoms with Gasteiger partial charge >= 0.3 is 0 Å². The van der Waals surface area contributed by atoms with E-state index in [4.69, 9.17) is 5.26 Å². The maximum Gasteiger partial charge on any atom is 0.270 e. The number of rotatable bonds is 3. The SMILES string of the molecule is N#Cc1ccc(NC(=O)CN2N=C(N3CCC4(CC4)C(F)(F)C3)CCC2=O)cn1. The summed E-state index contributed by atoms with van der Waals surface area (Å²) in [6.45, 7) is -0.229. The molecule has 10 heteroatoms. The summed E-state index contributed by atoms with van der Waals surface area (Å²) in [4.78, 5) is 29.8. The molecular formula is C19H20F2N6O2. The van der Waals surface area contributed by atoms with Gasteiger partial charge in [0.05, 0.1) is 18.4 Å². The number of hydrogen-bond donors (Lipinski definition) is 1. The number of carbonyl (C=O) groups is 2. The Hall–Kier alpha value is -3.09. The molecule has 0 aromatic carbocycles. The molecule has 1 aromatic heterocycles. The molecule has 1 spiro atoms. The summed E-state index contributed by atoms with van der Waals surface area (Å²) < 4.78 is 28.9. The highest BCUT2D eigenvalue weighted by atomic mass is 19.3. The number of nitriles is 1. The van der Waals surface area contributed by atoms with Crippen LogP contribution in [0.1, 0.15) is 37.8 Å². The predicted octanol–water partition coefficient (Wildman–Crippen LogP) is 1.95. The molecule has 3 aliphatic rings. The molecule has 8 nitrogen and oxygen atoms in total. The average Bonchev–Trinajstić information content (AvgIpc) is 3.48. The van der Waals surface area contributed by atoms with Crippen molar-refractivity contribution in [3.05, 3.63) is 24.0 Å². The van der Waals surface area contributed by atoms with Crippen molar-refractivity contribution < 1.29 is 18.4 Å². The zero-order valence-electron chi connectivity index (χ0n) is 15.7. The van der Waals surface area contributed by atoms with Crippen molar-refractivity contribution in [2.45, 2.75) is 38.0 Å². The van der Waals surface area contributed by atoms with Crippen LogP contribution in [-0.2, 0) is 9.59 Å². The van der Waals surface area contributed by atoms with E-state index in [1.165, 1.54) is 18.3 Å². The largest absolute Gasteiger partial charge is 0.353 e. The predicted molar refractivity (Wildman–Crippen MR) is 98.8 cm³/mol. The first kappa shape index (κ1) is 19.2. The molecule has 1 saturated heterocycles. The second-order valence-corrected chi connectivity index (χ2v) is 7.72. The van der Waals surface area contributed by atoms with Crippen LogP contribution in [0.25, 0.3) is 0 Å². The summed E-state index contributed by atoms with van der Waals surface area (Å²) in [5.74, 6) is -3.16. The molecule has 0 atom stereocenters. The van der Waals surface area contributed by atoms with Crippen molar-refractivity contribution >= 4 is 23.3 Å². The van der Waals surface area contributed by atoms with Crippen LogP contribution < -0.4 is 5.32 Å². The first-order valence-electron chi connectivity index (χ1n) is 9.49. The molecule has 4 rings (SSSR count). The third-order valence-electron chi connectivity index (χ3n) is 5.79. The lowest BCUT2D eigenvalue weighted by atomic mass is 9.89. The Balaban J connectivity index is 1.40. The third kappa shape index (κ3) is 3.77. The number of halogens is 2. The Morgan fingerprint density at radius 2 is 2.07 bits per heavy atom. The van der Waals surface area contributed by atoms with E-state index in [1.807, 2.05) is 6.07 Å². The van der Waals surface area contributed by atoms with Crippen molar-refractivity contribution in [3.63, 3.8) is 0 Å². The number of carbonyl (C=O) groups excluding carboxylic acids is 2. The van der Waals surface area contributed by atoms with Crippen molar-refractivity contribution in [3.8, 4) is 6.07 Å². The van der Waals surface area contributed by atoms with E-state index >= 15 is 0 Å². The molecule has 29 heavy (non-hydrogen) atoms. The number of aromatic nitrogens is 1. The Morgan fingerprint density at radius 1 is 1.28 bits per heavy atom. The Bertz CT molecular complexity index is 904. The number of amidine groups is 1. The van der Waals surface area contributed by atoms with Gasteiger partial charge in [0.25, 0.3) is 5.92 Å². The lowest BCUT2D eigenvalue weighted by Gasteiger charge is -2.41. The van der Waals surface area contributed by atoms with E-state index < -0.39 is 23.8 Å². The summed E-state index contributed by atoms with van der Waals surface area (Å²) in [5, 5.41) is 16.6. The van der Waals surface area contributed by atoms with Gasteiger partial charge in [-0.25, -0.2) is 18.8 Å². The highest BCUT2D eigenvalue weighted by Gasteiger charge is 2.64. The molecule has 1 saturated carbocycles. The molecule has 2 amide bonds. The lowest BCUT2D eigenvalue weighted by molar-refractivity contribution is -0.135. The van der Waals surface area contributed by atoms with E-state index in [-0.39, 0.29) is 24.6 Å². The van der Waals surface area contributed by atoms with Gasteiger partial charge in [0.15, 0.2) is 0 Å². The molecule has 1 N–H and O–H groups in total. The minimum atomic E-state index is -2.76. The summed E-state index contributed by atoms with van der Waals surface area (Å²) in [7, 11) is 0. The first-order valence-corrected chi connectivity index (χ1v) is 9.49. The number of hydrazone groups is 1. The molecule has 1 aromatic rings. The molecular weight excluding hydrogens is 382 g/mol. The molecule has 0 bridgehead atoms. The smallest absolute Gasteiger partial charge is 0.270 e. The molecule has 152 valence electrons. The second kappa shape index (κ2) is 7.06. The van der Waals surface area contributed by atoms with Gasteiger partial charge in [0, 0.05) is 24.8 Å². The van der Waals surface area contributed by atoms with E-state index in [1.54, 1.807) is 4.90 Å². The topological polar surface area (TPSA) is 102 Å². The van der Waals surface area contributed by atoms with E-state index in [2.05, 4.69) is 15.4 Å². The molecule has 2 aliphatic heterocycles. The monoisotopic (exact) mass is 402 g/mol. The summed E-state index contributed by atoms with van der Waals surface area (Å²) in [5.41, 5.74) is -0.244. The number of nitrogens with one attached hydrogen (secondary N) is 1. The summed E-state index contributed by atoms with van der Waals surface area (Å²) in [6.07, 6.45) is 3.30. The van der Waals surface area contributed by atoms with Crippen molar-refractivity contribution in [1.29, 1.82) is 5.26 Å². The van der Waals surface area contributed by atoms with E-state index in [9.17, 15) is 18.4 Å². The fourth-order valence-corrected chi connectivity index (χ4v) is 3.81. The standard InChI is InChI=1S/C19H20F2N6O2/c20-19(21)12-26(8-7-18(19)5-6-18)15-3-4-17(29)27(25-15)11-16(28)24-14-2-1-13(9-22)23-10-14/h1-2,10H,3-8,11-12H2,(H,24,28). The Kier molecular flexibility index (Phi) is 4.68.